The number of sulfonamides is 1. The Hall–Kier alpha value is -3.14. The number of hydrogen-bond acceptors (Lipinski definition) is 6. The SMILES string of the molecule is O=S(=O)(Nc1nc2ccccc2nc1N1CCN(c2ccc(F)cc2)CC1)c1cc(Cl)ccc1Cl. The average molecular weight is 532 g/mol. The molecule has 0 unspecified atom stereocenters. The minimum Gasteiger partial charge on any atom is -0.368 e. The van der Waals surface area contributed by atoms with Crippen molar-refractivity contribution in [2.45, 2.75) is 4.90 Å². The van der Waals surface area contributed by atoms with Crippen molar-refractivity contribution in [2.75, 3.05) is 40.7 Å². The van der Waals surface area contributed by atoms with E-state index >= 15 is 0 Å². The van der Waals surface area contributed by atoms with Crippen LogP contribution in [-0.4, -0.2) is 44.6 Å². The highest BCUT2D eigenvalue weighted by Gasteiger charge is 2.26. The molecule has 11 heteroatoms. The van der Waals surface area contributed by atoms with Crippen molar-refractivity contribution in [1.82, 2.24) is 9.97 Å². The van der Waals surface area contributed by atoms with Crippen molar-refractivity contribution >= 4 is 61.6 Å². The molecule has 0 aliphatic carbocycles. The van der Waals surface area contributed by atoms with E-state index in [4.69, 9.17) is 28.2 Å². The molecule has 5 rings (SSSR count). The summed E-state index contributed by atoms with van der Waals surface area (Å²) in [5, 5.41) is 0.293. The highest BCUT2D eigenvalue weighted by atomic mass is 35.5. The molecule has 0 saturated carbocycles. The van der Waals surface area contributed by atoms with Gasteiger partial charge in [0.2, 0.25) is 0 Å². The van der Waals surface area contributed by atoms with Crippen molar-refractivity contribution in [3.63, 3.8) is 0 Å². The molecule has 1 aliphatic heterocycles. The molecule has 35 heavy (non-hydrogen) atoms. The minimum absolute atomic E-state index is 0.0464. The van der Waals surface area contributed by atoms with Gasteiger partial charge in [-0.05, 0) is 54.6 Å². The first-order valence-electron chi connectivity index (χ1n) is 10.8. The minimum atomic E-state index is -4.10. The number of para-hydroxylation sites is 2. The van der Waals surface area contributed by atoms with E-state index in [1.807, 2.05) is 23.1 Å². The van der Waals surface area contributed by atoms with E-state index in [1.165, 1.54) is 30.3 Å². The molecule has 3 aromatic carbocycles. The molecule has 4 aromatic rings. The number of halogens is 3. The lowest BCUT2D eigenvalue weighted by Gasteiger charge is -2.37. The van der Waals surface area contributed by atoms with E-state index in [-0.39, 0.29) is 26.6 Å². The van der Waals surface area contributed by atoms with Crippen LogP contribution in [0.5, 0.6) is 0 Å². The number of piperazine rings is 1. The quantitative estimate of drug-likeness (QED) is 0.381. The van der Waals surface area contributed by atoms with Gasteiger partial charge in [0.15, 0.2) is 11.6 Å². The molecule has 1 saturated heterocycles. The maximum atomic E-state index is 13.3. The van der Waals surface area contributed by atoms with E-state index in [0.29, 0.717) is 43.0 Å². The van der Waals surface area contributed by atoms with Gasteiger partial charge in [0.25, 0.3) is 10.0 Å². The molecule has 1 N–H and O–H groups in total. The zero-order valence-corrected chi connectivity index (χ0v) is 20.7. The summed E-state index contributed by atoms with van der Waals surface area (Å²) in [6, 6.07) is 17.9. The van der Waals surface area contributed by atoms with Crippen LogP contribution in [0, 0.1) is 5.82 Å². The molecule has 0 amide bonds. The van der Waals surface area contributed by atoms with Crippen LogP contribution >= 0.6 is 23.2 Å². The highest BCUT2D eigenvalue weighted by Crippen LogP contribution is 2.31. The van der Waals surface area contributed by atoms with Crippen LogP contribution in [0.25, 0.3) is 11.0 Å². The van der Waals surface area contributed by atoms with Crippen molar-refractivity contribution in [3.8, 4) is 0 Å². The zero-order valence-electron chi connectivity index (χ0n) is 18.3. The third-order valence-corrected chi connectivity index (χ3v) is 7.79. The Morgan fingerprint density at radius 2 is 1.46 bits per heavy atom. The van der Waals surface area contributed by atoms with E-state index in [9.17, 15) is 12.8 Å². The number of nitrogens with one attached hydrogen (secondary N) is 1. The second-order valence-corrected chi connectivity index (χ2v) is 10.5. The third kappa shape index (κ3) is 4.98. The smallest absolute Gasteiger partial charge is 0.264 e. The van der Waals surface area contributed by atoms with Gasteiger partial charge in [0.1, 0.15) is 10.7 Å². The fourth-order valence-electron chi connectivity index (χ4n) is 3.97. The fraction of sp³-hybridized carbons (Fsp3) is 0.167. The predicted molar refractivity (Wildman–Crippen MR) is 138 cm³/mol. The summed E-state index contributed by atoms with van der Waals surface area (Å²) in [7, 11) is -4.10. The lowest BCUT2D eigenvalue weighted by molar-refractivity contribution is 0.600. The van der Waals surface area contributed by atoms with E-state index in [1.54, 1.807) is 18.2 Å². The van der Waals surface area contributed by atoms with Gasteiger partial charge in [-0.15, -0.1) is 0 Å². The molecule has 0 spiro atoms. The van der Waals surface area contributed by atoms with Crippen LogP contribution in [0.3, 0.4) is 0 Å². The molecule has 7 nitrogen and oxygen atoms in total. The number of anilines is 3. The Kier molecular flexibility index (Phi) is 6.39. The summed E-state index contributed by atoms with van der Waals surface area (Å²) in [4.78, 5) is 13.3. The van der Waals surface area contributed by atoms with Crippen LogP contribution in [0.2, 0.25) is 10.0 Å². The Bertz CT molecular complexity index is 1490. The first kappa shape index (κ1) is 23.6. The molecule has 180 valence electrons. The van der Waals surface area contributed by atoms with Crippen molar-refractivity contribution in [3.05, 3.63) is 82.6 Å². The molecular weight excluding hydrogens is 512 g/mol. The van der Waals surface area contributed by atoms with Gasteiger partial charge in [0.05, 0.1) is 16.1 Å². The summed E-state index contributed by atoms with van der Waals surface area (Å²) < 4.78 is 42.3. The predicted octanol–water partition coefficient (Wildman–Crippen LogP) is 5.20. The molecule has 1 fully saturated rings. The van der Waals surface area contributed by atoms with Crippen molar-refractivity contribution < 1.29 is 12.8 Å². The van der Waals surface area contributed by atoms with Crippen LogP contribution in [0.4, 0.5) is 21.7 Å². The molecule has 2 heterocycles. The lowest BCUT2D eigenvalue weighted by Crippen LogP contribution is -2.47. The van der Waals surface area contributed by atoms with Crippen LogP contribution in [-0.2, 0) is 10.0 Å². The lowest BCUT2D eigenvalue weighted by atomic mass is 10.2. The van der Waals surface area contributed by atoms with Crippen LogP contribution in [0.15, 0.2) is 71.6 Å². The topological polar surface area (TPSA) is 78.4 Å². The maximum Gasteiger partial charge on any atom is 0.264 e. The van der Waals surface area contributed by atoms with Crippen LogP contribution in [0.1, 0.15) is 0 Å². The number of rotatable bonds is 5. The number of hydrogen-bond donors (Lipinski definition) is 1. The first-order valence-corrected chi connectivity index (χ1v) is 13.0. The molecular formula is C24H20Cl2FN5O2S. The van der Waals surface area contributed by atoms with Gasteiger partial charge in [0, 0.05) is 36.9 Å². The molecule has 1 aliphatic rings. The Balaban J connectivity index is 1.47. The summed E-state index contributed by atoms with van der Waals surface area (Å²) in [6.45, 7) is 2.42. The van der Waals surface area contributed by atoms with Gasteiger partial charge in [-0.3, -0.25) is 4.72 Å². The van der Waals surface area contributed by atoms with Gasteiger partial charge in [-0.2, -0.15) is 0 Å². The zero-order chi connectivity index (χ0) is 24.6. The first-order chi connectivity index (χ1) is 16.8. The molecule has 1 aromatic heterocycles. The van der Waals surface area contributed by atoms with E-state index in [0.717, 1.165) is 5.69 Å². The second kappa shape index (κ2) is 9.49. The number of aromatic nitrogens is 2. The summed E-state index contributed by atoms with van der Waals surface area (Å²) in [5.41, 5.74) is 2.12. The third-order valence-electron chi connectivity index (χ3n) is 5.74. The maximum absolute atomic E-state index is 13.3. The van der Waals surface area contributed by atoms with Crippen molar-refractivity contribution in [1.29, 1.82) is 0 Å². The van der Waals surface area contributed by atoms with E-state index < -0.39 is 10.0 Å². The number of fused-ring (bicyclic) bond motifs is 1. The van der Waals surface area contributed by atoms with Gasteiger partial charge in [-0.25, -0.2) is 22.8 Å². The number of nitrogens with zero attached hydrogens (tertiary/aromatic N) is 4. The average Bonchev–Trinajstić information content (AvgIpc) is 2.85. The summed E-state index contributed by atoms with van der Waals surface area (Å²) in [5.74, 6) is 0.245. The Labute approximate surface area is 212 Å². The van der Waals surface area contributed by atoms with Crippen LogP contribution < -0.4 is 14.5 Å². The highest BCUT2D eigenvalue weighted by molar-refractivity contribution is 7.92. The molecule has 0 bridgehead atoms. The van der Waals surface area contributed by atoms with E-state index in [2.05, 4.69) is 14.6 Å². The fourth-order valence-corrected chi connectivity index (χ4v) is 5.74. The van der Waals surface area contributed by atoms with Gasteiger partial charge >= 0.3 is 0 Å². The Morgan fingerprint density at radius 3 is 2.14 bits per heavy atom. The summed E-state index contributed by atoms with van der Waals surface area (Å²) >= 11 is 12.2. The van der Waals surface area contributed by atoms with Gasteiger partial charge in [-0.1, -0.05) is 35.3 Å². The molecule has 0 atom stereocenters. The van der Waals surface area contributed by atoms with Crippen molar-refractivity contribution in [2.24, 2.45) is 0 Å². The Morgan fingerprint density at radius 1 is 0.829 bits per heavy atom. The normalized spacial score (nSPS) is 14.4. The monoisotopic (exact) mass is 531 g/mol. The molecule has 0 radical (unpaired) electrons. The standard InChI is InChI=1S/C24H20Cl2FN5O2S/c25-16-5-10-19(26)22(15-16)35(33,34)30-23-24(29-21-4-2-1-3-20(21)28-23)32-13-11-31(12-14-32)18-8-6-17(27)7-9-18/h1-10,15H,11-14H2,(H,28,30). The summed E-state index contributed by atoms with van der Waals surface area (Å²) in [6.07, 6.45) is 0. The largest absolute Gasteiger partial charge is 0.368 e. The van der Waals surface area contributed by atoms with Gasteiger partial charge < -0.3 is 9.80 Å². The second-order valence-electron chi connectivity index (χ2n) is 8.02. The number of benzene rings is 3.